The van der Waals surface area contributed by atoms with E-state index in [2.05, 4.69) is 15.5 Å². The number of nitrogens with zero attached hydrogens (tertiary/aromatic N) is 4. The van der Waals surface area contributed by atoms with Gasteiger partial charge in [0.15, 0.2) is 0 Å². The third-order valence-electron chi connectivity index (χ3n) is 4.89. The number of aryl methyl sites for hydroxylation is 1. The standard InChI is InChI=1S/C22H20ClN5O4/c1-13-17-11-24-28(15-6-4-5-14(23)9-15)21(17)22(30)27(26-13)12-20(29)25-18-10-16(31-2)7-8-19(18)32-3/h4-11H,12H2,1-3H3,(H,25,29). The van der Waals surface area contributed by atoms with Crippen molar-refractivity contribution in [1.82, 2.24) is 19.6 Å². The van der Waals surface area contributed by atoms with Crippen LogP contribution in [0.1, 0.15) is 5.69 Å². The molecule has 0 saturated heterocycles. The highest BCUT2D eigenvalue weighted by Gasteiger charge is 2.17. The number of hydrogen-bond donors (Lipinski definition) is 1. The minimum absolute atomic E-state index is 0.295. The SMILES string of the molecule is COc1ccc(OC)c(NC(=O)Cn2nc(C)c3cnn(-c4cccc(Cl)c4)c3c2=O)c1. The second-order valence-corrected chi connectivity index (χ2v) is 7.40. The predicted molar refractivity (Wildman–Crippen MR) is 121 cm³/mol. The van der Waals surface area contributed by atoms with Crippen LogP contribution in [0.5, 0.6) is 11.5 Å². The van der Waals surface area contributed by atoms with Gasteiger partial charge in [-0.3, -0.25) is 9.59 Å². The number of nitrogens with one attached hydrogen (secondary N) is 1. The molecule has 0 unspecified atom stereocenters. The zero-order valence-electron chi connectivity index (χ0n) is 17.6. The van der Waals surface area contributed by atoms with Crippen molar-refractivity contribution in [2.45, 2.75) is 13.5 Å². The van der Waals surface area contributed by atoms with Gasteiger partial charge < -0.3 is 14.8 Å². The van der Waals surface area contributed by atoms with Crippen LogP contribution in [0.3, 0.4) is 0 Å². The molecule has 0 aliphatic heterocycles. The van der Waals surface area contributed by atoms with Gasteiger partial charge in [0, 0.05) is 16.5 Å². The number of fused-ring (bicyclic) bond motifs is 1. The Hall–Kier alpha value is -3.85. The molecule has 0 fully saturated rings. The summed E-state index contributed by atoms with van der Waals surface area (Å²) in [5, 5.41) is 12.5. The molecule has 32 heavy (non-hydrogen) atoms. The van der Waals surface area contributed by atoms with Crippen molar-refractivity contribution in [1.29, 1.82) is 0 Å². The molecule has 164 valence electrons. The Balaban J connectivity index is 1.70. The third kappa shape index (κ3) is 4.02. The molecule has 1 amide bonds. The second-order valence-electron chi connectivity index (χ2n) is 6.96. The summed E-state index contributed by atoms with van der Waals surface area (Å²) in [6.45, 7) is 1.46. The van der Waals surface area contributed by atoms with E-state index in [9.17, 15) is 9.59 Å². The van der Waals surface area contributed by atoms with E-state index in [1.807, 2.05) is 0 Å². The molecule has 0 aliphatic carbocycles. The molecule has 2 heterocycles. The number of benzene rings is 2. The molecule has 0 aliphatic rings. The largest absolute Gasteiger partial charge is 0.497 e. The van der Waals surface area contributed by atoms with Gasteiger partial charge in [-0.2, -0.15) is 10.2 Å². The smallest absolute Gasteiger partial charge is 0.293 e. The molecular formula is C22H20ClN5O4. The maximum atomic E-state index is 13.2. The normalized spacial score (nSPS) is 10.9. The highest BCUT2D eigenvalue weighted by molar-refractivity contribution is 6.30. The van der Waals surface area contributed by atoms with E-state index >= 15 is 0 Å². The van der Waals surface area contributed by atoms with Gasteiger partial charge in [-0.15, -0.1) is 0 Å². The van der Waals surface area contributed by atoms with E-state index in [4.69, 9.17) is 21.1 Å². The minimum atomic E-state index is -0.448. The number of aromatic nitrogens is 4. The van der Waals surface area contributed by atoms with Gasteiger partial charge >= 0.3 is 0 Å². The molecule has 4 rings (SSSR count). The zero-order valence-corrected chi connectivity index (χ0v) is 18.4. The van der Waals surface area contributed by atoms with Crippen molar-refractivity contribution in [2.24, 2.45) is 0 Å². The lowest BCUT2D eigenvalue weighted by molar-refractivity contribution is -0.117. The van der Waals surface area contributed by atoms with E-state index in [-0.39, 0.29) is 6.54 Å². The van der Waals surface area contributed by atoms with Crippen molar-refractivity contribution in [3.63, 3.8) is 0 Å². The summed E-state index contributed by atoms with van der Waals surface area (Å²) in [5.41, 5.74) is 1.49. The van der Waals surface area contributed by atoms with Crippen LogP contribution in [0.4, 0.5) is 5.69 Å². The summed E-state index contributed by atoms with van der Waals surface area (Å²) in [5.74, 6) is 0.572. The zero-order chi connectivity index (χ0) is 22.8. The number of anilines is 1. The summed E-state index contributed by atoms with van der Waals surface area (Å²) in [6, 6.07) is 12.0. The molecule has 0 spiro atoms. The predicted octanol–water partition coefficient (Wildman–Crippen LogP) is 3.20. The molecule has 4 aromatic rings. The Kier molecular flexibility index (Phi) is 5.83. The van der Waals surface area contributed by atoms with Gasteiger partial charge in [0.2, 0.25) is 5.91 Å². The lowest BCUT2D eigenvalue weighted by Crippen LogP contribution is -2.31. The Labute approximate surface area is 188 Å². The fraction of sp³-hybridized carbons (Fsp3) is 0.182. The number of ether oxygens (including phenoxy) is 2. The Morgan fingerprint density at radius 1 is 1.16 bits per heavy atom. The first kappa shape index (κ1) is 21.4. The molecule has 0 radical (unpaired) electrons. The lowest BCUT2D eigenvalue weighted by Gasteiger charge is -2.12. The average molecular weight is 454 g/mol. The van der Waals surface area contributed by atoms with Crippen molar-refractivity contribution >= 4 is 34.1 Å². The summed E-state index contributed by atoms with van der Waals surface area (Å²) in [7, 11) is 3.02. The maximum Gasteiger partial charge on any atom is 0.293 e. The van der Waals surface area contributed by atoms with E-state index in [0.717, 1.165) is 4.68 Å². The molecular weight excluding hydrogens is 434 g/mol. The van der Waals surface area contributed by atoms with Crippen LogP contribution in [-0.2, 0) is 11.3 Å². The summed E-state index contributed by atoms with van der Waals surface area (Å²) in [4.78, 5) is 26.0. The van der Waals surface area contributed by atoms with Crippen LogP contribution in [0.2, 0.25) is 5.02 Å². The number of amides is 1. The molecule has 2 aromatic heterocycles. The van der Waals surface area contributed by atoms with Crippen molar-refractivity contribution in [3.05, 3.63) is 69.7 Å². The number of methoxy groups -OCH3 is 2. The number of carbonyl (C=O) groups excluding carboxylic acids is 1. The van der Waals surface area contributed by atoms with Gasteiger partial charge in [0.05, 0.1) is 37.5 Å². The molecule has 10 heteroatoms. The van der Waals surface area contributed by atoms with Gasteiger partial charge in [0.25, 0.3) is 5.56 Å². The van der Waals surface area contributed by atoms with Crippen LogP contribution in [0.25, 0.3) is 16.6 Å². The summed E-state index contributed by atoms with van der Waals surface area (Å²) < 4.78 is 13.1. The fourth-order valence-corrected chi connectivity index (χ4v) is 3.55. The van der Waals surface area contributed by atoms with Crippen molar-refractivity contribution < 1.29 is 14.3 Å². The molecule has 2 aromatic carbocycles. The number of halogens is 1. The van der Waals surface area contributed by atoms with Crippen LogP contribution >= 0.6 is 11.6 Å². The van der Waals surface area contributed by atoms with Crippen molar-refractivity contribution in [3.8, 4) is 17.2 Å². The van der Waals surface area contributed by atoms with Crippen LogP contribution in [0.15, 0.2) is 53.5 Å². The monoisotopic (exact) mass is 453 g/mol. The van der Waals surface area contributed by atoms with Crippen LogP contribution in [0, 0.1) is 6.92 Å². The molecule has 0 atom stereocenters. The topological polar surface area (TPSA) is 100 Å². The first-order valence-electron chi connectivity index (χ1n) is 9.64. The number of carbonyl (C=O) groups is 1. The molecule has 0 saturated carbocycles. The second kappa shape index (κ2) is 8.72. The van der Waals surface area contributed by atoms with Gasteiger partial charge in [0.1, 0.15) is 23.6 Å². The van der Waals surface area contributed by atoms with E-state index in [1.54, 1.807) is 55.6 Å². The lowest BCUT2D eigenvalue weighted by atomic mass is 10.2. The first-order chi connectivity index (χ1) is 15.4. The highest BCUT2D eigenvalue weighted by Crippen LogP contribution is 2.29. The maximum absolute atomic E-state index is 13.2. The van der Waals surface area contributed by atoms with Gasteiger partial charge in [-0.05, 0) is 37.3 Å². The molecule has 9 nitrogen and oxygen atoms in total. The van der Waals surface area contributed by atoms with E-state index < -0.39 is 11.5 Å². The van der Waals surface area contributed by atoms with E-state index in [0.29, 0.717) is 44.5 Å². The van der Waals surface area contributed by atoms with Crippen molar-refractivity contribution in [2.75, 3.05) is 19.5 Å². The number of rotatable bonds is 6. The van der Waals surface area contributed by atoms with Crippen LogP contribution in [-0.4, -0.2) is 39.7 Å². The van der Waals surface area contributed by atoms with Gasteiger partial charge in [-0.1, -0.05) is 17.7 Å². The minimum Gasteiger partial charge on any atom is -0.497 e. The number of hydrogen-bond acceptors (Lipinski definition) is 6. The first-order valence-corrected chi connectivity index (χ1v) is 10.0. The quantitative estimate of drug-likeness (QED) is 0.481. The molecule has 1 N–H and O–H groups in total. The summed E-state index contributed by atoms with van der Waals surface area (Å²) in [6.07, 6.45) is 1.57. The fourth-order valence-electron chi connectivity index (χ4n) is 3.37. The molecule has 0 bridgehead atoms. The van der Waals surface area contributed by atoms with Crippen LogP contribution < -0.4 is 20.3 Å². The summed E-state index contributed by atoms with van der Waals surface area (Å²) >= 11 is 6.10. The third-order valence-corrected chi connectivity index (χ3v) is 5.13. The Morgan fingerprint density at radius 2 is 1.97 bits per heavy atom. The van der Waals surface area contributed by atoms with Gasteiger partial charge in [-0.25, -0.2) is 9.36 Å². The Bertz CT molecular complexity index is 1380. The Morgan fingerprint density at radius 3 is 2.69 bits per heavy atom. The average Bonchev–Trinajstić information content (AvgIpc) is 3.23. The van der Waals surface area contributed by atoms with E-state index in [1.165, 1.54) is 18.9 Å². The highest BCUT2D eigenvalue weighted by atomic mass is 35.5.